The van der Waals surface area contributed by atoms with E-state index < -0.39 is 22.5 Å². The van der Waals surface area contributed by atoms with Gasteiger partial charge in [-0.1, -0.05) is 64.7 Å². The van der Waals surface area contributed by atoms with Crippen molar-refractivity contribution in [3.8, 4) is 0 Å². The first-order valence-electron chi connectivity index (χ1n) is 7.91. The van der Waals surface area contributed by atoms with Crippen LogP contribution in [0.25, 0.3) is 0 Å². The Morgan fingerprint density at radius 1 is 0.960 bits per heavy atom. The number of carbonyl (C=O) groups is 1. The molecule has 0 aliphatic heterocycles. The Balaban J connectivity index is -0.000000513. The van der Waals surface area contributed by atoms with Crippen molar-refractivity contribution in [1.82, 2.24) is 0 Å². The van der Waals surface area contributed by atoms with Crippen LogP contribution in [0.2, 0.25) is 0 Å². The Hall–Kier alpha value is 0.130. The minimum absolute atomic E-state index is 0. The molecule has 0 spiro atoms. The van der Waals surface area contributed by atoms with E-state index in [0.29, 0.717) is 6.42 Å². The average Bonchev–Trinajstić information content (AvgIpc) is 2.43. The van der Waals surface area contributed by atoms with Gasteiger partial charge in [-0.25, -0.2) is 13.2 Å². The van der Waals surface area contributed by atoms with Crippen LogP contribution in [0.4, 0.5) is 13.2 Å². The summed E-state index contributed by atoms with van der Waals surface area (Å²) in [7, 11) is -4.48. The zero-order chi connectivity index (χ0) is 19.1. The van der Waals surface area contributed by atoms with E-state index >= 15 is 0 Å². The van der Waals surface area contributed by atoms with Crippen LogP contribution in [-0.4, -0.2) is 36.8 Å². The Morgan fingerprint density at radius 3 is 1.56 bits per heavy atom. The summed E-state index contributed by atoms with van der Waals surface area (Å²) in [5, 5.41) is 7.12. The maximum Gasteiger partial charge on any atom is 1.00 e. The molecule has 146 valence electrons. The van der Waals surface area contributed by atoms with Crippen molar-refractivity contribution in [2.45, 2.75) is 77.3 Å². The quantitative estimate of drug-likeness (QED) is 0.226. The van der Waals surface area contributed by atoms with Crippen molar-refractivity contribution in [2.75, 3.05) is 6.61 Å². The number of unbranched alkanes of at least 4 members (excludes halogenated alkanes) is 9. The van der Waals surface area contributed by atoms with Gasteiger partial charge in [-0.3, -0.25) is 4.18 Å². The zero-order valence-electron chi connectivity index (χ0n) is 14.8. The van der Waals surface area contributed by atoms with Gasteiger partial charge in [0, 0.05) is 0 Å². The number of halogens is 3. The first-order valence-corrected chi connectivity index (χ1v) is 9.24. The molecule has 0 heterocycles. The standard InChI is InChI=1S/C12H26O4S.C2HF3O2.Na/c1-2-3-4-5-6-7-8-9-10-11-12-16-17(13,14)15;3-2(4,5)1(6)7;/h2-12H2,1H3,(H,13,14,15);(H,6,7);/q;;+1/p-1. The van der Waals surface area contributed by atoms with Crippen molar-refractivity contribution in [3.05, 3.63) is 0 Å². The molecule has 0 fully saturated rings. The Bertz CT molecular complexity index is 415. The number of carboxylic acid groups (broad SMARTS) is 1. The molecule has 0 aliphatic carbocycles. The van der Waals surface area contributed by atoms with E-state index in [1.165, 1.54) is 44.9 Å². The van der Waals surface area contributed by atoms with Crippen molar-refractivity contribution in [1.29, 1.82) is 0 Å². The summed E-state index contributed by atoms with van der Waals surface area (Å²) < 4.78 is 66.2. The van der Waals surface area contributed by atoms with E-state index in [9.17, 15) is 26.1 Å². The summed E-state index contributed by atoms with van der Waals surface area (Å²) in [5.74, 6) is -2.76. The minimum atomic E-state index is -5.08. The fourth-order valence-corrected chi connectivity index (χ4v) is 2.07. The van der Waals surface area contributed by atoms with Gasteiger partial charge in [-0.15, -0.1) is 0 Å². The van der Waals surface area contributed by atoms with Crippen LogP contribution in [-0.2, 0) is 19.4 Å². The molecule has 0 amide bonds. The second-order valence-corrected chi connectivity index (χ2v) is 6.27. The Labute approximate surface area is 169 Å². The van der Waals surface area contributed by atoms with Crippen LogP contribution in [0, 0.1) is 0 Å². The smallest absolute Gasteiger partial charge is 0.726 e. The van der Waals surface area contributed by atoms with Gasteiger partial charge < -0.3 is 9.66 Å². The van der Waals surface area contributed by atoms with E-state index in [2.05, 4.69) is 11.1 Å². The third kappa shape index (κ3) is 29.2. The number of aliphatic carboxylic acids is 1. The SMILES string of the molecule is CCCCCCCCCCCCOS(=O)(=O)[O-].O=C(O)C(F)(F)F.[Na+]. The molecule has 0 rings (SSSR count). The minimum Gasteiger partial charge on any atom is -0.726 e. The molecule has 0 saturated carbocycles. The van der Waals surface area contributed by atoms with Gasteiger partial charge in [-0.2, -0.15) is 13.2 Å². The van der Waals surface area contributed by atoms with Crippen molar-refractivity contribution < 1.29 is 69.8 Å². The Morgan fingerprint density at radius 2 is 1.28 bits per heavy atom. The molecule has 0 aliphatic rings. The van der Waals surface area contributed by atoms with Crippen molar-refractivity contribution in [3.63, 3.8) is 0 Å². The molecule has 0 aromatic rings. The first kappa shape index (κ1) is 29.9. The predicted molar refractivity (Wildman–Crippen MR) is 81.2 cm³/mol. The van der Waals surface area contributed by atoms with Crippen LogP contribution in [0.5, 0.6) is 0 Å². The summed E-state index contributed by atoms with van der Waals surface area (Å²) in [6, 6.07) is 0. The molecular formula is C14H26F3NaO6S. The van der Waals surface area contributed by atoms with Crippen LogP contribution in [0.1, 0.15) is 71.1 Å². The third-order valence-electron chi connectivity index (χ3n) is 2.97. The monoisotopic (exact) mass is 402 g/mol. The number of hydrogen-bond donors (Lipinski definition) is 1. The molecule has 11 heteroatoms. The van der Waals surface area contributed by atoms with Gasteiger partial charge in [-0.05, 0) is 6.42 Å². The third-order valence-corrected chi connectivity index (χ3v) is 3.42. The van der Waals surface area contributed by atoms with Crippen LogP contribution >= 0.6 is 0 Å². The van der Waals surface area contributed by atoms with Crippen molar-refractivity contribution >= 4 is 16.4 Å². The Kier molecular flexibility index (Phi) is 21.0. The number of carboxylic acids is 1. The van der Waals surface area contributed by atoms with Gasteiger partial charge in [0.15, 0.2) is 0 Å². The first-order chi connectivity index (χ1) is 11.0. The van der Waals surface area contributed by atoms with E-state index in [-0.39, 0.29) is 36.2 Å². The van der Waals surface area contributed by atoms with E-state index in [1.54, 1.807) is 0 Å². The van der Waals surface area contributed by atoms with Crippen LogP contribution in [0.15, 0.2) is 0 Å². The fourth-order valence-electron chi connectivity index (χ4n) is 1.75. The molecule has 1 N–H and O–H groups in total. The predicted octanol–water partition coefficient (Wildman–Crippen LogP) is 1.02. The van der Waals surface area contributed by atoms with E-state index in [1.807, 2.05) is 0 Å². The van der Waals surface area contributed by atoms with E-state index in [0.717, 1.165) is 12.8 Å². The number of rotatable bonds is 12. The number of hydrogen-bond acceptors (Lipinski definition) is 5. The van der Waals surface area contributed by atoms with Gasteiger partial charge in [0.1, 0.15) is 0 Å². The average molecular weight is 402 g/mol. The number of alkyl halides is 3. The van der Waals surface area contributed by atoms with Gasteiger partial charge >= 0.3 is 41.7 Å². The van der Waals surface area contributed by atoms with Gasteiger partial charge in [0.05, 0.1) is 6.61 Å². The fraction of sp³-hybridized carbons (Fsp3) is 0.929. The molecular weight excluding hydrogens is 376 g/mol. The molecule has 0 aromatic heterocycles. The van der Waals surface area contributed by atoms with Crippen LogP contribution in [0.3, 0.4) is 0 Å². The largest absolute Gasteiger partial charge is 1.00 e. The van der Waals surface area contributed by atoms with Gasteiger partial charge in [0.25, 0.3) is 0 Å². The summed E-state index contributed by atoms with van der Waals surface area (Å²) >= 11 is 0. The molecule has 0 unspecified atom stereocenters. The molecule has 0 bridgehead atoms. The maximum atomic E-state index is 10.6. The summed E-state index contributed by atoms with van der Waals surface area (Å²) in [6.45, 7) is 2.24. The molecule has 0 aromatic carbocycles. The zero-order valence-corrected chi connectivity index (χ0v) is 17.6. The molecule has 0 saturated heterocycles. The summed E-state index contributed by atoms with van der Waals surface area (Å²) in [5.41, 5.74) is 0. The van der Waals surface area contributed by atoms with E-state index in [4.69, 9.17) is 9.90 Å². The molecule has 0 atom stereocenters. The molecule has 0 radical (unpaired) electrons. The summed E-state index contributed by atoms with van der Waals surface area (Å²) in [4.78, 5) is 8.90. The van der Waals surface area contributed by atoms with Gasteiger partial charge in [0.2, 0.25) is 10.4 Å². The topological polar surface area (TPSA) is 104 Å². The maximum absolute atomic E-state index is 10.6. The van der Waals surface area contributed by atoms with Crippen LogP contribution < -0.4 is 29.6 Å². The molecule has 25 heavy (non-hydrogen) atoms. The normalized spacial score (nSPS) is 11.2. The second-order valence-electron chi connectivity index (χ2n) is 5.22. The summed E-state index contributed by atoms with van der Waals surface area (Å²) in [6.07, 6.45) is 6.62. The molecule has 6 nitrogen and oxygen atoms in total. The van der Waals surface area contributed by atoms with Crippen molar-refractivity contribution in [2.24, 2.45) is 0 Å². The second kappa shape index (κ2) is 17.5.